The third kappa shape index (κ3) is 4.18. The Hall–Kier alpha value is -2.51. The molecule has 2 aromatic carbocycles. The lowest BCUT2D eigenvalue weighted by molar-refractivity contribution is 0.247. The Morgan fingerprint density at radius 3 is 2.43 bits per heavy atom. The maximum Gasteiger partial charge on any atom is 0.252 e. The number of pyridine rings is 1. The topological polar surface area (TPSA) is 70.2 Å². The predicted octanol–water partition coefficient (Wildman–Crippen LogP) is 4.50. The lowest BCUT2D eigenvalue weighted by Crippen LogP contribution is -2.42. The van der Waals surface area contributed by atoms with Crippen molar-refractivity contribution in [1.82, 2.24) is 9.29 Å². The Balaban J connectivity index is 1.77. The highest BCUT2D eigenvalue weighted by atomic mass is 32.2. The number of hydrogen-bond donors (Lipinski definition) is 1. The van der Waals surface area contributed by atoms with E-state index in [1.807, 2.05) is 25.1 Å². The average Bonchev–Trinajstić information content (AvgIpc) is 2.73. The van der Waals surface area contributed by atoms with Gasteiger partial charge in [-0.25, -0.2) is 12.8 Å². The zero-order valence-electron chi connectivity index (χ0n) is 16.9. The van der Waals surface area contributed by atoms with Crippen molar-refractivity contribution in [3.8, 4) is 0 Å². The maximum atomic E-state index is 13.5. The molecule has 0 amide bonds. The molecule has 1 aliphatic carbocycles. The largest absolute Gasteiger partial charge is 0.322 e. The average molecular weight is 429 g/mol. The molecule has 5 nitrogen and oxygen atoms in total. The van der Waals surface area contributed by atoms with E-state index in [2.05, 4.69) is 4.98 Å². The normalized spacial score (nSPS) is 15.7. The number of nitrogens with zero attached hydrogens (tertiary/aromatic N) is 1. The summed E-state index contributed by atoms with van der Waals surface area (Å²) < 4.78 is 41.7. The number of rotatable bonds is 5. The van der Waals surface area contributed by atoms with Crippen molar-refractivity contribution in [1.29, 1.82) is 0 Å². The highest BCUT2D eigenvalue weighted by Gasteiger charge is 2.33. The first-order valence-electron chi connectivity index (χ1n) is 10.2. The second kappa shape index (κ2) is 8.32. The number of halogens is 1. The molecule has 3 aromatic rings. The molecule has 1 aromatic heterocycles. The highest BCUT2D eigenvalue weighted by Crippen LogP contribution is 2.29. The van der Waals surface area contributed by atoms with Gasteiger partial charge in [0.2, 0.25) is 10.0 Å². The fourth-order valence-corrected chi connectivity index (χ4v) is 5.84. The summed E-state index contributed by atoms with van der Waals surface area (Å²) in [7, 11) is -3.88. The third-order valence-electron chi connectivity index (χ3n) is 5.81. The minimum atomic E-state index is -3.88. The number of H-pyrrole nitrogens is 1. The number of aromatic amines is 1. The van der Waals surface area contributed by atoms with Crippen LogP contribution in [0.1, 0.15) is 43.2 Å². The summed E-state index contributed by atoms with van der Waals surface area (Å²) in [5.74, 6) is -0.487. The van der Waals surface area contributed by atoms with Crippen LogP contribution in [-0.4, -0.2) is 23.7 Å². The Morgan fingerprint density at radius 2 is 1.73 bits per heavy atom. The van der Waals surface area contributed by atoms with Crippen molar-refractivity contribution in [2.24, 2.45) is 0 Å². The first-order chi connectivity index (χ1) is 14.3. The van der Waals surface area contributed by atoms with Crippen LogP contribution in [0.15, 0.2) is 58.2 Å². The van der Waals surface area contributed by atoms with E-state index >= 15 is 0 Å². The van der Waals surface area contributed by atoms with Gasteiger partial charge in [0.05, 0.1) is 4.90 Å². The number of aryl methyl sites for hydroxylation is 1. The minimum absolute atomic E-state index is 0.0103. The number of fused-ring (bicyclic) bond motifs is 1. The number of benzene rings is 2. The molecule has 1 saturated carbocycles. The first-order valence-corrected chi connectivity index (χ1v) is 11.7. The van der Waals surface area contributed by atoms with E-state index in [1.54, 1.807) is 6.07 Å². The van der Waals surface area contributed by atoms with Gasteiger partial charge in [0.1, 0.15) is 5.82 Å². The molecule has 4 rings (SSSR count). The second-order valence-electron chi connectivity index (χ2n) is 8.01. The number of sulfonamides is 1. The lowest BCUT2D eigenvalue weighted by Gasteiger charge is -2.33. The van der Waals surface area contributed by atoms with E-state index in [4.69, 9.17) is 0 Å². The van der Waals surface area contributed by atoms with E-state index in [0.717, 1.165) is 60.7 Å². The summed E-state index contributed by atoms with van der Waals surface area (Å²) >= 11 is 0. The molecule has 0 radical (unpaired) electrons. The van der Waals surface area contributed by atoms with Crippen LogP contribution in [0.5, 0.6) is 0 Å². The van der Waals surface area contributed by atoms with Gasteiger partial charge in [-0.15, -0.1) is 0 Å². The van der Waals surface area contributed by atoms with E-state index in [1.165, 1.54) is 16.4 Å². The Morgan fingerprint density at radius 1 is 1.03 bits per heavy atom. The monoisotopic (exact) mass is 428 g/mol. The summed E-state index contributed by atoms with van der Waals surface area (Å²) in [5, 5.41) is 0.868. The van der Waals surface area contributed by atoms with Crippen molar-refractivity contribution >= 4 is 20.9 Å². The predicted molar refractivity (Wildman–Crippen MR) is 115 cm³/mol. The standard InChI is InChI=1S/C23H25FN2O3S/c1-16-7-12-22-17(13-16)14-18(23(27)25-22)15-26(20-5-3-2-4-6-20)30(28,29)21-10-8-19(24)9-11-21/h7-14,20H,2-6,15H2,1H3,(H,25,27). The quantitative estimate of drug-likeness (QED) is 0.651. The Bertz CT molecular complexity index is 1210. The van der Waals surface area contributed by atoms with Gasteiger partial charge in [0.25, 0.3) is 5.56 Å². The number of nitrogens with one attached hydrogen (secondary N) is 1. The van der Waals surface area contributed by atoms with Crippen molar-refractivity contribution < 1.29 is 12.8 Å². The van der Waals surface area contributed by atoms with Crippen LogP contribution in [0.4, 0.5) is 4.39 Å². The molecule has 0 unspecified atom stereocenters. The van der Waals surface area contributed by atoms with Crippen LogP contribution in [0.25, 0.3) is 10.9 Å². The molecule has 1 N–H and O–H groups in total. The van der Waals surface area contributed by atoms with Gasteiger partial charge >= 0.3 is 0 Å². The van der Waals surface area contributed by atoms with E-state index < -0.39 is 15.8 Å². The van der Waals surface area contributed by atoms with Crippen molar-refractivity contribution in [2.45, 2.75) is 56.5 Å². The summed E-state index contributed by atoms with van der Waals surface area (Å²) in [6.07, 6.45) is 4.49. The Kier molecular flexibility index (Phi) is 5.75. The van der Waals surface area contributed by atoms with E-state index in [9.17, 15) is 17.6 Å². The van der Waals surface area contributed by atoms with Crippen molar-refractivity contribution in [3.63, 3.8) is 0 Å². The molecule has 1 aliphatic rings. The van der Waals surface area contributed by atoms with Gasteiger partial charge in [0, 0.05) is 23.7 Å². The SMILES string of the molecule is Cc1ccc2[nH]c(=O)c(CN(C3CCCCC3)S(=O)(=O)c3ccc(F)cc3)cc2c1. The fraction of sp³-hybridized carbons (Fsp3) is 0.348. The van der Waals surface area contributed by atoms with Gasteiger partial charge in [-0.05, 0) is 67.6 Å². The van der Waals surface area contributed by atoms with Crippen LogP contribution in [-0.2, 0) is 16.6 Å². The molecular formula is C23H25FN2O3S. The maximum absolute atomic E-state index is 13.5. The molecule has 0 aliphatic heterocycles. The molecule has 7 heteroatoms. The van der Waals surface area contributed by atoms with Gasteiger partial charge in [-0.1, -0.05) is 30.9 Å². The van der Waals surface area contributed by atoms with Crippen LogP contribution in [0.2, 0.25) is 0 Å². The first kappa shape index (κ1) is 20.8. The van der Waals surface area contributed by atoms with Crippen molar-refractivity contribution in [3.05, 3.63) is 75.8 Å². The van der Waals surface area contributed by atoms with Gasteiger partial charge in [0.15, 0.2) is 0 Å². The highest BCUT2D eigenvalue weighted by molar-refractivity contribution is 7.89. The minimum Gasteiger partial charge on any atom is -0.322 e. The van der Waals surface area contributed by atoms with Crippen LogP contribution < -0.4 is 5.56 Å². The molecule has 30 heavy (non-hydrogen) atoms. The Labute approximate surface area is 175 Å². The molecule has 1 heterocycles. The molecular weight excluding hydrogens is 403 g/mol. The number of hydrogen-bond acceptors (Lipinski definition) is 3. The molecule has 0 bridgehead atoms. The smallest absolute Gasteiger partial charge is 0.252 e. The van der Waals surface area contributed by atoms with E-state index in [0.29, 0.717) is 5.56 Å². The zero-order chi connectivity index (χ0) is 21.3. The van der Waals surface area contributed by atoms with Crippen LogP contribution in [0.3, 0.4) is 0 Å². The second-order valence-corrected chi connectivity index (χ2v) is 9.90. The zero-order valence-corrected chi connectivity index (χ0v) is 17.7. The fourth-order valence-electron chi connectivity index (χ4n) is 4.18. The van der Waals surface area contributed by atoms with Gasteiger partial charge in [-0.2, -0.15) is 4.31 Å². The third-order valence-corrected chi connectivity index (χ3v) is 7.72. The molecule has 0 spiro atoms. The van der Waals surface area contributed by atoms with Gasteiger partial charge in [-0.3, -0.25) is 4.79 Å². The summed E-state index contributed by atoms with van der Waals surface area (Å²) in [4.78, 5) is 15.6. The summed E-state index contributed by atoms with van der Waals surface area (Å²) in [6, 6.07) is 12.2. The summed E-state index contributed by atoms with van der Waals surface area (Å²) in [6.45, 7) is 1.96. The molecule has 158 valence electrons. The lowest BCUT2D eigenvalue weighted by atomic mass is 9.95. The molecule has 1 fully saturated rings. The summed E-state index contributed by atoms with van der Waals surface area (Å²) in [5.41, 5.74) is 1.90. The number of aromatic nitrogens is 1. The van der Waals surface area contributed by atoms with Crippen LogP contribution in [0, 0.1) is 12.7 Å². The van der Waals surface area contributed by atoms with E-state index in [-0.39, 0.29) is 23.0 Å². The molecule has 0 saturated heterocycles. The van der Waals surface area contributed by atoms with Gasteiger partial charge < -0.3 is 4.98 Å². The van der Waals surface area contributed by atoms with Crippen molar-refractivity contribution in [2.75, 3.05) is 0 Å². The molecule has 0 atom stereocenters. The van der Waals surface area contributed by atoms with Crippen LogP contribution >= 0.6 is 0 Å².